The van der Waals surface area contributed by atoms with Crippen LogP contribution >= 0.6 is 0 Å². The molecular formula is C13H27NO. The van der Waals surface area contributed by atoms with E-state index in [1.807, 2.05) is 0 Å². The zero-order valence-corrected chi connectivity index (χ0v) is 10.8. The van der Waals surface area contributed by atoms with Gasteiger partial charge in [0.1, 0.15) is 0 Å². The van der Waals surface area contributed by atoms with E-state index in [0.717, 1.165) is 18.6 Å². The summed E-state index contributed by atoms with van der Waals surface area (Å²) >= 11 is 0. The molecule has 90 valence electrons. The SMILES string of the molecule is COCC(NC1CCC(C)CC1)C(C)C. The minimum Gasteiger partial charge on any atom is -0.383 e. The lowest BCUT2D eigenvalue weighted by molar-refractivity contribution is 0.132. The summed E-state index contributed by atoms with van der Waals surface area (Å²) in [6, 6.07) is 1.25. The Morgan fingerprint density at radius 3 is 2.27 bits per heavy atom. The molecule has 0 bridgehead atoms. The van der Waals surface area contributed by atoms with Crippen LogP contribution in [0.2, 0.25) is 0 Å². The Kier molecular flexibility index (Phi) is 5.62. The Balaban J connectivity index is 2.31. The molecule has 0 amide bonds. The highest BCUT2D eigenvalue weighted by molar-refractivity contribution is 4.80. The largest absolute Gasteiger partial charge is 0.383 e. The van der Waals surface area contributed by atoms with Gasteiger partial charge in [-0.05, 0) is 37.5 Å². The van der Waals surface area contributed by atoms with Crippen LogP contribution < -0.4 is 5.32 Å². The third-order valence-corrected chi connectivity index (χ3v) is 3.62. The summed E-state index contributed by atoms with van der Waals surface area (Å²) in [7, 11) is 1.79. The van der Waals surface area contributed by atoms with Crippen molar-refractivity contribution in [2.45, 2.75) is 58.5 Å². The number of hydrogen-bond acceptors (Lipinski definition) is 2. The molecule has 1 fully saturated rings. The summed E-state index contributed by atoms with van der Waals surface area (Å²) in [4.78, 5) is 0. The van der Waals surface area contributed by atoms with E-state index in [2.05, 4.69) is 26.1 Å². The Morgan fingerprint density at radius 2 is 1.80 bits per heavy atom. The zero-order chi connectivity index (χ0) is 11.3. The third kappa shape index (κ3) is 4.52. The highest BCUT2D eigenvalue weighted by Crippen LogP contribution is 2.24. The summed E-state index contributed by atoms with van der Waals surface area (Å²) in [5.74, 6) is 1.59. The lowest BCUT2D eigenvalue weighted by Gasteiger charge is -2.32. The highest BCUT2D eigenvalue weighted by Gasteiger charge is 2.22. The van der Waals surface area contributed by atoms with Crippen molar-refractivity contribution < 1.29 is 4.74 Å². The van der Waals surface area contributed by atoms with Crippen LogP contribution in [0.15, 0.2) is 0 Å². The molecule has 0 radical (unpaired) electrons. The molecule has 0 saturated heterocycles. The molecule has 1 N–H and O–H groups in total. The lowest BCUT2D eigenvalue weighted by atomic mass is 9.86. The second kappa shape index (κ2) is 6.49. The maximum Gasteiger partial charge on any atom is 0.0618 e. The first kappa shape index (κ1) is 13.0. The number of nitrogens with one attached hydrogen (secondary N) is 1. The maximum atomic E-state index is 5.27. The molecule has 0 heterocycles. The van der Waals surface area contributed by atoms with Crippen LogP contribution in [0.1, 0.15) is 46.5 Å². The van der Waals surface area contributed by atoms with Crippen molar-refractivity contribution in [1.29, 1.82) is 0 Å². The Morgan fingerprint density at radius 1 is 1.20 bits per heavy atom. The molecule has 0 aromatic carbocycles. The molecule has 0 spiro atoms. The van der Waals surface area contributed by atoms with E-state index in [-0.39, 0.29) is 0 Å². The zero-order valence-electron chi connectivity index (χ0n) is 10.8. The van der Waals surface area contributed by atoms with Gasteiger partial charge in [0.15, 0.2) is 0 Å². The molecule has 0 aromatic rings. The van der Waals surface area contributed by atoms with Crippen LogP contribution in [0.5, 0.6) is 0 Å². The first-order chi connectivity index (χ1) is 7.13. The number of ether oxygens (including phenoxy) is 1. The van der Waals surface area contributed by atoms with Crippen molar-refractivity contribution in [1.82, 2.24) is 5.32 Å². The van der Waals surface area contributed by atoms with Gasteiger partial charge in [0.25, 0.3) is 0 Å². The Hall–Kier alpha value is -0.0800. The van der Waals surface area contributed by atoms with Crippen molar-refractivity contribution in [3.05, 3.63) is 0 Å². The van der Waals surface area contributed by atoms with E-state index < -0.39 is 0 Å². The molecule has 1 aliphatic rings. The Labute approximate surface area is 94.8 Å². The molecule has 2 heteroatoms. The van der Waals surface area contributed by atoms with E-state index in [0.29, 0.717) is 12.0 Å². The minimum absolute atomic E-state index is 0.522. The van der Waals surface area contributed by atoms with Crippen LogP contribution in [0.3, 0.4) is 0 Å². The molecule has 2 nitrogen and oxygen atoms in total. The van der Waals surface area contributed by atoms with Crippen molar-refractivity contribution in [3.8, 4) is 0 Å². The molecule has 0 aliphatic heterocycles. The fraction of sp³-hybridized carbons (Fsp3) is 1.00. The average molecular weight is 213 g/mol. The molecule has 1 unspecified atom stereocenters. The predicted octanol–water partition coefficient (Wildman–Crippen LogP) is 2.83. The summed E-state index contributed by atoms with van der Waals surface area (Å²) in [5, 5.41) is 3.75. The van der Waals surface area contributed by atoms with E-state index in [4.69, 9.17) is 4.74 Å². The summed E-state index contributed by atoms with van der Waals surface area (Å²) in [6.45, 7) is 7.74. The van der Waals surface area contributed by atoms with Gasteiger partial charge in [0.2, 0.25) is 0 Å². The molecule has 1 aliphatic carbocycles. The normalized spacial score (nSPS) is 29.4. The van der Waals surface area contributed by atoms with Crippen LogP contribution in [0.4, 0.5) is 0 Å². The monoisotopic (exact) mass is 213 g/mol. The first-order valence-electron chi connectivity index (χ1n) is 6.38. The highest BCUT2D eigenvalue weighted by atomic mass is 16.5. The molecule has 1 saturated carbocycles. The molecular weight excluding hydrogens is 186 g/mol. The second-order valence-electron chi connectivity index (χ2n) is 5.43. The van der Waals surface area contributed by atoms with Crippen LogP contribution in [-0.4, -0.2) is 25.8 Å². The average Bonchev–Trinajstić information content (AvgIpc) is 2.20. The van der Waals surface area contributed by atoms with Crippen molar-refractivity contribution in [2.75, 3.05) is 13.7 Å². The topological polar surface area (TPSA) is 21.3 Å². The van der Waals surface area contributed by atoms with Crippen molar-refractivity contribution in [3.63, 3.8) is 0 Å². The quantitative estimate of drug-likeness (QED) is 0.758. The van der Waals surface area contributed by atoms with Gasteiger partial charge in [-0.3, -0.25) is 0 Å². The van der Waals surface area contributed by atoms with Gasteiger partial charge in [-0.1, -0.05) is 20.8 Å². The molecule has 1 atom stereocenters. The van der Waals surface area contributed by atoms with E-state index in [1.54, 1.807) is 7.11 Å². The molecule has 0 aromatic heterocycles. The standard InChI is InChI=1S/C13H27NO/c1-10(2)13(9-15-4)14-12-7-5-11(3)6-8-12/h10-14H,5-9H2,1-4H3. The lowest BCUT2D eigenvalue weighted by Crippen LogP contribution is -2.45. The first-order valence-corrected chi connectivity index (χ1v) is 6.38. The second-order valence-corrected chi connectivity index (χ2v) is 5.43. The predicted molar refractivity (Wildman–Crippen MR) is 65.1 cm³/mol. The van der Waals surface area contributed by atoms with Crippen LogP contribution in [0.25, 0.3) is 0 Å². The number of rotatable bonds is 5. The molecule has 15 heavy (non-hydrogen) atoms. The van der Waals surface area contributed by atoms with Crippen molar-refractivity contribution in [2.24, 2.45) is 11.8 Å². The minimum atomic E-state index is 0.522. The van der Waals surface area contributed by atoms with Gasteiger partial charge in [-0.15, -0.1) is 0 Å². The van der Waals surface area contributed by atoms with Gasteiger partial charge < -0.3 is 10.1 Å². The summed E-state index contributed by atoms with van der Waals surface area (Å²) in [5.41, 5.74) is 0. The van der Waals surface area contributed by atoms with Gasteiger partial charge >= 0.3 is 0 Å². The molecule has 1 rings (SSSR count). The van der Waals surface area contributed by atoms with Gasteiger partial charge in [-0.25, -0.2) is 0 Å². The fourth-order valence-electron chi connectivity index (χ4n) is 2.34. The maximum absolute atomic E-state index is 5.27. The number of hydrogen-bond donors (Lipinski definition) is 1. The van der Waals surface area contributed by atoms with Gasteiger partial charge in [-0.2, -0.15) is 0 Å². The van der Waals surface area contributed by atoms with E-state index in [1.165, 1.54) is 25.7 Å². The smallest absolute Gasteiger partial charge is 0.0618 e. The van der Waals surface area contributed by atoms with Gasteiger partial charge in [0, 0.05) is 19.2 Å². The third-order valence-electron chi connectivity index (χ3n) is 3.62. The summed E-state index contributed by atoms with van der Waals surface area (Å²) in [6.07, 6.45) is 5.45. The van der Waals surface area contributed by atoms with Crippen LogP contribution in [0, 0.1) is 11.8 Å². The van der Waals surface area contributed by atoms with Crippen molar-refractivity contribution >= 4 is 0 Å². The van der Waals surface area contributed by atoms with Gasteiger partial charge in [0.05, 0.1) is 6.61 Å². The summed E-state index contributed by atoms with van der Waals surface area (Å²) < 4.78 is 5.27. The van der Waals surface area contributed by atoms with E-state index in [9.17, 15) is 0 Å². The Bertz CT molecular complexity index is 162. The van der Waals surface area contributed by atoms with Crippen LogP contribution in [-0.2, 0) is 4.74 Å². The van der Waals surface area contributed by atoms with E-state index >= 15 is 0 Å². The number of methoxy groups -OCH3 is 1. The fourth-order valence-corrected chi connectivity index (χ4v) is 2.34.